The van der Waals surface area contributed by atoms with E-state index in [2.05, 4.69) is 24.2 Å². The fourth-order valence-electron chi connectivity index (χ4n) is 1.76. The Hall–Kier alpha value is -0.770. The molecule has 2 unspecified atom stereocenters. The minimum absolute atomic E-state index is 0.278. The predicted octanol–water partition coefficient (Wildman–Crippen LogP) is 1.22. The van der Waals surface area contributed by atoms with Crippen LogP contribution in [0.2, 0.25) is 0 Å². The molecule has 1 fully saturated rings. The number of carbonyl (C=O) groups is 1. The second-order valence-corrected chi connectivity index (χ2v) is 3.92. The van der Waals surface area contributed by atoms with Gasteiger partial charge in [-0.1, -0.05) is 0 Å². The lowest BCUT2D eigenvalue weighted by Gasteiger charge is -2.35. The fourth-order valence-corrected chi connectivity index (χ4v) is 1.76. The van der Waals surface area contributed by atoms with Crippen molar-refractivity contribution in [3.63, 3.8) is 0 Å². The second kappa shape index (κ2) is 5.20. The smallest absolute Gasteiger partial charge is 0.407 e. The van der Waals surface area contributed by atoms with Crippen LogP contribution < -0.4 is 5.32 Å². The molecule has 14 heavy (non-hydrogen) atoms. The van der Waals surface area contributed by atoms with Crippen LogP contribution in [-0.2, 0) is 4.74 Å². The number of nitrogens with one attached hydrogen (secondary N) is 1. The van der Waals surface area contributed by atoms with Gasteiger partial charge in [-0.15, -0.1) is 0 Å². The van der Waals surface area contributed by atoms with Crippen molar-refractivity contribution >= 4 is 6.09 Å². The van der Waals surface area contributed by atoms with Gasteiger partial charge < -0.3 is 15.0 Å². The van der Waals surface area contributed by atoms with Crippen LogP contribution in [0.3, 0.4) is 0 Å². The van der Waals surface area contributed by atoms with Crippen molar-refractivity contribution in [1.82, 2.24) is 10.2 Å². The lowest BCUT2D eigenvalue weighted by atomic mass is 9.99. The van der Waals surface area contributed by atoms with Crippen molar-refractivity contribution in [2.45, 2.75) is 38.8 Å². The molecule has 0 aromatic carbocycles. The third kappa shape index (κ3) is 3.18. The number of carbonyl (C=O) groups excluding carboxylic acids is 1. The number of hydrogen-bond acceptors (Lipinski definition) is 3. The van der Waals surface area contributed by atoms with Gasteiger partial charge in [0.2, 0.25) is 0 Å². The molecular weight excluding hydrogens is 180 g/mol. The Morgan fingerprint density at radius 3 is 2.93 bits per heavy atom. The first-order chi connectivity index (χ1) is 6.63. The van der Waals surface area contributed by atoms with Crippen LogP contribution in [0.15, 0.2) is 0 Å². The average Bonchev–Trinajstić information content (AvgIpc) is 2.12. The summed E-state index contributed by atoms with van der Waals surface area (Å²) in [5.41, 5.74) is 0. The Labute approximate surface area is 85.6 Å². The van der Waals surface area contributed by atoms with Gasteiger partial charge in [0.1, 0.15) is 0 Å². The Kier molecular flexibility index (Phi) is 4.20. The molecule has 0 aromatic heterocycles. The molecule has 0 aliphatic carbocycles. The zero-order chi connectivity index (χ0) is 10.6. The molecule has 0 radical (unpaired) electrons. The van der Waals surface area contributed by atoms with E-state index in [9.17, 15) is 4.79 Å². The maximum atomic E-state index is 11.2. The summed E-state index contributed by atoms with van der Waals surface area (Å²) in [6.07, 6.45) is 1.74. The van der Waals surface area contributed by atoms with Gasteiger partial charge in [-0.3, -0.25) is 0 Å². The third-order valence-corrected chi connectivity index (χ3v) is 2.81. The molecule has 1 heterocycles. The highest BCUT2D eigenvalue weighted by Gasteiger charge is 2.23. The number of hydrogen-bond donors (Lipinski definition) is 1. The normalized spacial score (nSPS) is 28.5. The van der Waals surface area contributed by atoms with E-state index in [4.69, 9.17) is 4.74 Å². The summed E-state index contributed by atoms with van der Waals surface area (Å²) in [6, 6.07) is 0.816. The molecule has 0 spiro atoms. The Morgan fingerprint density at radius 2 is 2.36 bits per heavy atom. The van der Waals surface area contributed by atoms with Crippen molar-refractivity contribution in [3.8, 4) is 0 Å². The van der Waals surface area contributed by atoms with Crippen LogP contribution in [0.1, 0.15) is 26.7 Å². The van der Waals surface area contributed by atoms with Crippen LogP contribution in [0.5, 0.6) is 0 Å². The third-order valence-electron chi connectivity index (χ3n) is 2.81. The summed E-state index contributed by atoms with van der Waals surface area (Å²) in [5.74, 6) is 0. The molecule has 82 valence electrons. The summed E-state index contributed by atoms with van der Waals surface area (Å²) in [5, 5.41) is 2.88. The van der Waals surface area contributed by atoms with E-state index in [1.165, 1.54) is 0 Å². The van der Waals surface area contributed by atoms with E-state index in [1.807, 2.05) is 6.92 Å². The van der Waals surface area contributed by atoms with Crippen LogP contribution in [0.25, 0.3) is 0 Å². The van der Waals surface area contributed by atoms with Gasteiger partial charge in [-0.05, 0) is 33.7 Å². The van der Waals surface area contributed by atoms with E-state index in [0.717, 1.165) is 19.4 Å². The molecule has 0 saturated carbocycles. The van der Waals surface area contributed by atoms with Crippen molar-refractivity contribution in [2.24, 2.45) is 0 Å². The minimum atomic E-state index is -0.283. The minimum Gasteiger partial charge on any atom is -0.450 e. The average molecular weight is 200 g/mol. The van der Waals surface area contributed by atoms with Crippen LogP contribution in [0.4, 0.5) is 4.79 Å². The molecule has 4 nitrogen and oxygen atoms in total. The van der Waals surface area contributed by atoms with Gasteiger partial charge in [-0.25, -0.2) is 4.79 Å². The molecular formula is C10H20N2O2. The predicted molar refractivity (Wildman–Crippen MR) is 55.3 cm³/mol. The molecule has 1 rings (SSSR count). The highest BCUT2D eigenvalue weighted by molar-refractivity contribution is 5.67. The highest BCUT2D eigenvalue weighted by atomic mass is 16.5. The van der Waals surface area contributed by atoms with Gasteiger partial charge >= 0.3 is 6.09 Å². The highest BCUT2D eigenvalue weighted by Crippen LogP contribution is 2.15. The van der Waals surface area contributed by atoms with Crippen LogP contribution >= 0.6 is 0 Å². The number of rotatable bonds is 2. The molecule has 1 amide bonds. The van der Waals surface area contributed by atoms with Gasteiger partial charge in [0.25, 0.3) is 0 Å². The van der Waals surface area contributed by atoms with Crippen molar-refractivity contribution < 1.29 is 9.53 Å². The first-order valence-electron chi connectivity index (χ1n) is 5.27. The van der Waals surface area contributed by atoms with Crippen molar-refractivity contribution in [3.05, 3.63) is 0 Å². The molecule has 0 bridgehead atoms. The van der Waals surface area contributed by atoms with E-state index in [0.29, 0.717) is 12.6 Å². The summed E-state index contributed by atoms with van der Waals surface area (Å²) < 4.78 is 4.84. The topological polar surface area (TPSA) is 41.6 Å². The molecule has 1 saturated heterocycles. The molecule has 1 aliphatic rings. The number of alkyl carbamates (subject to hydrolysis) is 1. The summed E-state index contributed by atoms with van der Waals surface area (Å²) in [7, 11) is 2.12. The Balaban J connectivity index is 2.29. The Bertz CT molecular complexity index is 197. The number of likely N-dealkylation sites (tertiary alicyclic amines) is 1. The van der Waals surface area contributed by atoms with Crippen molar-refractivity contribution in [2.75, 3.05) is 20.2 Å². The Morgan fingerprint density at radius 1 is 1.64 bits per heavy atom. The maximum absolute atomic E-state index is 11.2. The summed E-state index contributed by atoms with van der Waals surface area (Å²) in [4.78, 5) is 13.5. The molecule has 0 aromatic rings. The van der Waals surface area contributed by atoms with E-state index in [1.54, 1.807) is 0 Å². The van der Waals surface area contributed by atoms with Gasteiger partial charge in [0.15, 0.2) is 0 Å². The second-order valence-electron chi connectivity index (χ2n) is 3.92. The zero-order valence-electron chi connectivity index (χ0n) is 9.25. The lowest BCUT2D eigenvalue weighted by molar-refractivity contribution is 0.129. The molecule has 1 aliphatic heterocycles. The number of nitrogens with zero attached hydrogens (tertiary/aromatic N) is 1. The van der Waals surface area contributed by atoms with Gasteiger partial charge in [0.05, 0.1) is 6.61 Å². The van der Waals surface area contributed by atoms with Crippen LogP contribution in [-0.4, -0.2) is 43.3 Å². The SMILES string of the molecule is CCOC(=O)NC1CCN(C)C(C)C1. The fraction of sp³-hybridized carbons (Fsp3) is 0.900. The number of ether oxygens (including phenoxy) is 1. The lowest BCUT2D eigenvalue weighted by Crippen LogP contribution is -2.47. The molecule has 1 N–H and O–H groups in total. The van der Waals surface area contributed by atoms with E-state index >= 15 is 0 Å². The monoisotopic (exact) mass is 200 g/mol. The molecule has 4 heteroatoms. The van der Waals surface area contributed by atoms with Crippen molar-refractivity contribution in [1.29, 1.82) is 0 Å². The first-order valence-corrected chi connectivity index (χ1v) is 5.27. The van der Waals surface area contributed by atoms with Gasteiger partial charge in [-0.2, -0.15) is 0 Å². The summed E-state index contributed by atoms with van der Waals surface area (Å²) >= 11 is 0. The number of amides is 1. The van der Waals surface area contributed by atoms with Crippen LogP contribution in [0, 0.1) is 0 Å². The maximum Gasteiger partial charge on any atom is 0.407 e. The quantitative estimate of drug-likeness (QED) is 0.728. The van der Waals surface area contributed by atoms with E-state index in [-0.39, 0.29) is 12.1 Å². The van der Waals surface area contributed by atoms with E-state index < -0.39 is 0 Å². The molecule has 2 atom stereocenters. The largest absolute Gasteiger partial charge is 0.450 e. The van der Waals surface area contributed by atoms with Gasteiger partial charge in [0, 0.05) is 18.6 Å². The number of piperidine rings is 1. The summed E-state index contributed by atoms with van der Waals surface area (Å²) in [6.45, 7) is 5.47. The zero-order valence-corrected chi connectivity index (χ0v) is 9.25. The first kappa shape index (κ1) is 11.3. The standard InChI is InChI=1S/C10H20N2O2/c1-4-14-10(13)11-9-5-6-12(3)8(2)7-9/h8-9H,4-7H2,1-3H3,(H,11,13).